The minimum Gasteiger partial charge on any atom is -0.496 e. The number of esters is 2. The van der Waals surface area contributed by atoms with Crippen LogP contribution in [0.1, 0.15) is 21.5 Å². The molecule has 0 amide bonds. The highest BCUT2D eigenvalue weighted by atomic mass is 35.5. The van der Waals surface area contributed by atoms with Gasteiger partial charge >= 0.3 is 11.9 Å². The molecular formula is C25H18ClNO6. The molecule has 4 rings (SSSR count). The molecule has 0 saturated heterocycles. The van der Waals surface area contributed by atoms with Gasteiger partial charge in [-0.05, 0) is 48.0 Å². The first kappa shape index (κ1) is 22.1. The number of nitrogens with zero attached hydrogens (tertiary/aromatic N) is 1. The summed E-state index contributed by atoms with van der Waals surface area (Å²) in [6, 6.07) is 18.5. The second-order valence-corrected chi connectivity index (χ2v) is 7.22. The zero-order valence-electron chi connectivity index (χ0n) is 17.7. The first-order valence-corrected chi connectivity index (χ1v) is 10.2. The molecule has 0 N–H and O–H groups in total. The van der Waals surface area contributed by atoms with Crippen LogP contribution in [0.4, 0.5) is 0 Å². The number of para-hydroxylation sites is 1. The summed E-state index contributed by atoms with van der Waals surface area (Å²) in [5, 5.41) is 0.424. The van der Waals surface area contributed by atoms with Gasteiger partial charge < -0.3 is 18.9 Å². The number of methoxy groups -OCH3 is 2. The number of hydrogen-bond donors (Lipinski definition) is 0. The highest BCUT2D eigenvalue weighted by Gasteiger charge is 2.25. The summed E-state index contributed by atoms with van der Waals surface area (Å²) in [5.41, 5.74) is 1.50. The largest absolute Gasteiger partial charge is 0.496 e. The number of carbonyl (C=O) groups excluding carboxylic acids is 2. The van der Waals surface area contributed by atoms with Gasteiger partial charge in [-0.2, -0.15) is 0 Å². The predicted octanol–water partition coefficient (Wildman–Crippen LogP) is 4.92. The van der Waals surface area contributed by atoms with Gasteiger partial charge in [-0.15, -0.1) is 0 Å². The first-order valence-electron chi connectivity index (χ1n) is 9.81. The molecule has 0 spiro atoms. The molecule has 0 radical (unpaired) electrons. The zero-order valence-corrected chi connectivity index (χ0v) is 18.5. The van der Waals surface area contributed by atoms with Crippen molar-refractivity contribution in [3.8, 4) is 17.2 Å². The van der Waals surface area contributed by atoms with E-state index >= 15 is 0 Å². The highest BCUT2D eigenvalue weighted by molar-refractivity contribution is 6.34. The molecule has 0 atom stereocenters. The van der Waals surface area contributed by atoms with E-state index in [0.717, 1.165) is 0 Å². The first-order chi connectivity index (χ1) is 16.0. The van der Waals surface area contributed by atoms with Crippen molar-refractivity contribution in [1.82, 2.24) is 0 Å². The van der Waals surface area contributed by atoms with Crippen LogP contribution in [0.3, 0.4) is 0 Å². The lowest BCUT2D eigenvalue weighted by atomic mass is 10.1. The standard InChI is InChI=1S/C25H18ClNO6/c1-30-20-10-6-4-8-17(20)24(28)32-21-12-11-15(14-22(21)31-2)13-19-25(29)33-23(27-19)16-7-3-5-9-18(16)26/h3-14H,1-2H3/b19-13+. The van der Waals surface area contributed by atoms with Crippen LogP contribution in [0.5, 0.6) is 17.2 Å². The summed E-state index contributed by atoms with van der Waals surface area (Å²) in [4.78, 5) is 29.2. The molecule has 8 heteroatoms. The van der Waals surface area contributed by atoms with E-state index < -0.39 is 11.9 Å². The SMILES string of the molecule is COc1cc(/C=C2/N=C(c3ccccc3Cl)OC2=O)ccc1OC(=O)c1ccccc1OC. The smallest absolute Gasteiger partial charge is 0.363 e. The molecule has 0 aromatic heterocycles. The van der Waals surface area contributed by atoms with Crippen molar-refractivity contribution < 1.29 is 28.5 Å². The predicted molar refractivity (Wildman–Crippen MR) is 123 cm³/mol. The number of rotatable bonds is 6. The van der Waals surface area contributed by atoms with Crippen LogP contribution in [0.15, 0.2) is 77.4 Å². The molecule has 3 aromatic carbocycles. The van der Waals surface area contributed by atoms with Crippen molar-refractivity contribution in [1.29, 1.82) is 0 Å². The fourth-order valence-electron chi connectivity index (χ4n) is 3.14. The molecule has 1 aliphatic rings. The van der Waals surface area contributed by atoms with E-state index in [2.05, 4.69) is 4.99 Å². The van der Waals surface area contributed by atoms with Crippen molar-refractivity contribution >= 4 is 35.5 Å². The number of carbonyl (C=O) groups is 2. The summed E-state index contributed by atoms with van der Waals surface area (Å²) in [6.07, 6.45) is 1.54. The lowest BCUT2D eigenvalue weighted by Crippen LogP contribution is -2.10. The number of ether oxygens (including phenoxy) is 4. The van der Waals surface area contributed by atoms with Crippen molar-refractivity contribution in [2.24, 2.45) is 4.99 Å². The van der Waals surface area contributed by atoms with Crippen molar-refractivity contribution in [3.05, 3.63) is 94.1 Å². The van der Waals surface area contributed by atoms with Crippen LogP contribution in [0.2, 0.25) is 5.02 Å². The summed E-state index contributed by atoms with van der Waals surface area (Å²) in [7, 11) is 2.92. The summed E-state index contributed by atoms with van der Waals surface area (Å²) in [5.74, 6) is -0.152. The Morgan fingerprint density at radius 2 is 1.67 bits per heavy atom. The van der Waals surface area contributed by atoms with Gasteiger partial charge in [0.05, 0.1) is 24.8 Å². The van der Waals surface area contributed by atoms with E-state index in [1.807, 2.05) is 0 Å². The summed E-state index contributed by atoms with van der Waals surface area (Å²) in [6.45, 7) is 0. The van der Waals surface area contributed by atoms with Crippen molar-refractivity contribution in [2.45, 2.75) is 0 Å². The van der Waals surface area contributed by atoms with Crippen molar-refractivity contribution in [2.75, 3.05) is 14.2 Å². The van der Waals surface area contributed by atoms with Gasteiger partial charge in [-0.25, -0.2) is 14.6 Å². The zero-order chi connectivity index (χ0) is 23.4. The second-order valence-electron chi connectivity index (χ2n) is 6.82. The third-order valence-corrected chi connectivity index (χ3v) is 5.07. The number of hydrogen-bond acceptors (Lipinski definition) is 7. The molecule has 33 heavy (non-hydrogen) atoms. The number of cyclic esters (lactones) is 1. The summed E-state index contributed by atoms with van der Waals surface area (Å²) < 4.78 is 21.3. The maximum absolute atomic E-state index is 12.6. The Bertz CT molecular complexity index is 1300. The second kappa shape index (κ2) is 9.58. The minimum absolute atomic E-state index is 0.103. The Morgan fingerprint density at radius 1 is 0.939 bits per heavy atom. The number of aliphatic imine (C=N–C) groups is 1. The van der Waals surface area contributed by atoms with Gasteiger partial charge in [0, 0.05) is 0 Å². The maximum Gasteiger partial charge on any atom is 0.363 e. The lowest BCUT2D eigenvalue weighted by molar-refractivity contribution is -0.129. The van der Waals surface area contributed by atoms with E-state index in [-0.39, 0.29) is 22.9 Å². The molecule has 0 unspecified atom stereocenters. The Morgan fingerprint density at radius 3 is 2.42 bits per heavy atom. The van der Waals surface area contributed by atoms with Crippen LogP contribution in [0, 0.1) is 0 Å². The monoisotopic (exact) mass is 463 g/mol. The van der Waals surface area contributed by atoms with Crippen LogP contribution in [0.25, 0.3) is 6.08 Å². The van der Waals surface area contributed by atoms with Gasteiger partial charge in [-0.1, -0.05) is 41.9 Å². The topological polar surface area (TPSA) is 83.4 Å². The fraction of sp³-hybridized carbons (Fsp3) is 0.0800. The van der Waals surface area contributed by atoms with Crippen LogP contribution < -0.4 is 14.2 Å². The van der Waals surface area contributed by atoms with Gasteiger partial charge in [0.25, 0.3) is 0 Å². The maximum atomic E-state index is 12.6. The van der Waals surface area contributed by atoms with Gasteiger partial charge in [0.2, 0.25) is 5.90 Å². The molecule has 0 fully saturated rings. The van der Waals surface area contributed by atoms with Crippen LogP contribution in [-0.2, 0) is 9.53 Å². The van der Waals surface area contributed by atoms with Crippen LogP contribution in [-0.4, -0.2) is 32.1 Å². The minimum atomic E-state index is -0.601. The molecule has 3 aromatic rings. The molecule has 7 nitrogen and oxygen atoms in total. The highest BCUT2D eigenvalue weighted by Crippen LogP contribution is 2.31. The number of halogens is 1. The van der Waals surface area contributed by atoms with Gasteiger partial charge in [0.15, 0.2) is 17.2 Å². The lowest BCUT2D eigenvalue weighted by Gasteiger charge is -2.11. The van der Waals surface area contributed by atoms with Crippen LogP contribution >= 0.6 is 11.6 Å². The Labute approximate surface area is 194 Å². The molecule has 0 bridgehead atoms. The Balaban J connectivity index is 1.59. The quantitative estimate of drug-likeness (QED) is 0.293. The van der Waals surface area contributed by atoms with Crippen molar-refractivity contribution in [3.63, 3.8) is 0 Å². The molecular weight excluding hydrogens is 446 g/mol. The third-order valence-electron chi connectivity index (χ3n) is 4.75. The van der Waals surface area contributed by atoms with E-state index in [1.165, 1.54) is 14.2 Å². The molecule has 0 aliphatic carbocycles. The van der Waals surface area contributed by atoms with Gasteiger partial charge in [-0.3, -0.25) is 0 Å². The molecule has 0 saturated carbocycles. The van der Waals surface area contributed by atoms with E-state index in [4.69, 9.17) is 30.5 Å². The average Bonchev–Trinajstić information content (AvgIpc) is 3.19. The average molecular weight is 464 g/mol. The molecule has 1 heterocycles. The fourth-order valence-corrected chi connectivity index (χ4v) is 3.36. The number of benzene rings is 3. The van der Waals surface area contributed by atoms with E-state index in [0.29, 0.717) is 27.6 Å². The normalized spacial score (nSPS) is 14.0. The van der Waals surface area contributed by atoms with E-state index in [1.54, 1.807) is 72.8 Å². The molecule has 166 valence electrons. The Hall–Kier alpha value is -4.10. The Kier molecular flexibility index (Phi) is 6.42. The molecule has 1 aliphatic heterocycles. The van der Waals surface area contributed by atoms with Gasteiger partial charge in [0.1, 0.15) is 11.3 Å². The summed E-state index contributed by atoms with van der Waals surface area (Å²) >= 11 is 6.16. The van der Waals surface area contributed by atoms with E-state index in [9.17, 15) is 9.59 Å². The third kappa shape index (κ3) is 4.73.